The molecule has 0 spiro atoms. The molecule has 0 aromatic rings. The molecule has 0 aromatic heterocycles. The van der Waals surface area contributed by atoms with E-state index in [9.17, 15) is 4.79 Å². The molecule has 3 heteroatoms. The lowest BCUT2D eigenvalue weighted by Gasteiger charge is -2.40. The van der Waals surface area contributed by atoms with Crippen LogP contribution in [0.15, 0.2) is 0 Å². The van der Waals surface area contributed by atoms with Crippen LogP contribution >= 0.6 is 0 Å². The van der Waals surface area contributed by atoms with Crippen LogP contribution in [0, 0.1) is 11.8 Å². The molecule has 3 atom stereocenters. The summed E-state index contributed by atoms with van der Waals surface area (Å²) in [6.07, 6.45) is 12.3. The Morgan fingerprint density at radius 3 is 2.45 bits per heavy atom. The summed E-state index contributed by atoms with van der Waals surface area (Å²) in [5, 5.41) is 3.58. The molecule has 0 aliphatic heterocycles. The molecule has 116 valence electrons. The lowest BCUT2D eigenvalue weighted by molar-refractivity contribution is -0.145. The van der Waals surface area contributed by atoms with Gasteiger partial charge in [-0.3, -0.25) is 4.79 Å². The molecule has 0 amide bonds. The third-order valence-corrected chi connectivity index (χ3v) is 5.18. The first kappa shape index (κ1) is 15.8. The van der Waals surface area contributed by atoms with Gasteiger partial charge in [0.15, 0.2) is 0 Å². The van der Waals surface area contributed by atoms with Crippen molar-refractivity contribution in [2.75, 3.05) is 6.61 Å². The molecule has 0 radical (unpaired) electrons. The Kier molecular flexibility index (Phi) is 6.34. The van der Waals surface area contributed by atoms with Gasteiger partial charge in [0.25, 0.3) is 0 Å². The average Bonchev–Trinajstić information content (AvgIpc) is 2.49. The van der Waals surface area contributed by atoms with Gasteiger partial charge in [0.1, 0.15) is 6.04 Å². The number of carbonyl (C=O) groups is 1. The summed E-state index contributed by atoms with van der Waals surface area (Å²) in [6.45, 7) is 4.29. The largest absolute Gasteiger partial charge is 0.465 e. The highest BCUT2D eigenvalue weighted by molar-refractivity contribution is 5.75. The van der Waals surface area contributed by atoms with E-state index in [-0.39, 0.29) is 12.0 Å². The molecular formula is C17H31NO2. The summed E-state index contributed by atoms with van der Waals surface area (Å²) in [4.78, 5) is 11.8. The molecular weight excluding hydrogens is 250 g/mol. The molecule has 2 fully saturated rings. The van der Waals surface area contributed by atoms with Crippen LogP contribution in [0.1, 0.15) is 71.6 Å². The minimum Gasteiger partial charge on any atom is -0.465 e. The van der Waals surface area contributed by atoms with Gasteiger partial charge < -0.3 is 10.1 Å². The van der Waals surface area contributed by atoms with Crippen LogP contribution in [-0.4, -0.2) is 24.7 Å². The predicted molar refractivity (Wildman–Crippen MR) is 81.6 cm³/mol. The zero-order valence-corrected chi connectivity index (χ0v) is 13.2. The third-order valence-electron chi connectivity index (χ3n) is 5.18. The Morgan fingerprint density at radius 2 is 1.75 bits per heavy atom. The molecule has 0 aromatic carbocycles. The zero-order chi connectivity index (χ0) is 14.4. The smallest absolute Gasteiger partial charge is 0.322 e. The SMILES string of the molecule is CCOC(=O)C(C)NC1CCCCC1C1CCCCC1. The second-order valence-corrected chi connectivity index (χ2v) is 6.59. The summed E-state index contributed by atoms with van der Waals surface area (Å²) >= 11 is 0. The fourth-order valence-electron chi connectivity index (χ4n) is 4.15. The molecule has 0 saturated heterocycles. The minimum absolute atomic E-state index is 0.0968. The monoisotopic (exact) mass is 281 g/mol. The molecule has 3 unspecified atom stereocenters. The molecule has 0 heterocycles. The lowest BCUT2D eigenvalue weighted by Crippen LogP contribution is -2.49. The number of ether oxygens (including phenoxy) is 1. The van der Waals surface area contributed by atoms with E-state index in [1.807, 2.05) is 13.8 Å². The number of esters is 1. The highest BCUT2D eigenvalue weighted by Gasteiger charge is 2.33. The van der Waals surface area contributed by atoms with Gasteiger partial charge in [0.05, 0.1) is 6.61 Å². The van der Waals surface area contributed by atoms with Crippen LogP contribution < -0.4 is 5.32 Å². The molecule has 1 N–H and O–H groups in total. The van der Waals surface area contributed by atoms with E-state index in [1.165, 1.54) is 57.8 Å². The number of hydrogen-bond acceptors (Lipinski definition) is 3. The highest BCUT2D eigenvalue weighted by Crippen LogP contribution is 2.38. The minimum atomic E-state index is -0.163. The first-order valence-corrected chi connectivity index (χ1v) is 8.65. The first-order chi connectivity index (χ1) is 9.72. The quantitative estimate of drug-likeness (QED) is 0.781. The van der Waals surface area contributed by atoms with Crippen molar-refractivity contribution in [3.05, 3.63) is 0 Å². The van der Waals surface area contributed by atoms with Gasteiger partial charge in [-0.2, -0.15) is 0 Å². The van der Waals surface area contributed by atoms with Crippen LogP contribution in [0.25, 0.3) is 0 Å². The van der Waals surface area contributed by atoms with E-state index in [0.717, 1.165) is 11.8 Å². The predicted octanol–water partition coefficient (Wildman–Crippen LogP) is 3.67. The third kappa shape index (κ3) is 4.21. The van der Waals surface area contributed by atoms with Crippen molar-refractivity contribution in [2.24, 2.45) is 11.8 Å². The van der Waals surface area contributed by atoms with Gasteiger partial charge in [0, 0.05) is 6.04 Å². The van der Waals surface area contributed by atoms with Gasteiger partial charge in [-0.05, 0) is 38.5 Å². The van der Waals surface area contributed by atoms with Crippen molar-refractivity contribution in [1.82, 2.24) is 5.32 Å². The first-order valence-electron chi connectivity index (χ1n) is 8.65. The number of rotatable bonds is 5. The second kappa shape index (κ2) is 8.02. The number of hydrogen-bond donors (Lipinski definition) is 1. The van der Waals surface area contributed by atoms with Crippen LogP contribution in [-0.2, 0) is 9.53 Å². The second-order valence-electron chi connectivity index (χ2n) is 6.59. The Morgan fingerprint density at radius 1 is 1.10 bits per heavy atom. The van der Waals surface area contributed by atoms with Crippen molar-refractivity contribution >= 4 is 5.97 Å². The molecule has 2 aliphatic rings. The zero-order valence-electron chi connectivity index (χ0n) is 13.2. The summed E-state index contributed by atoms with van der Waals surface area (Å²) in [6, 6.07) is 0.357. The molecule has 0 bridgehead atoms. The van der Waals surface area contributed by atoms with Crippen molar-refractivity contribution < 1.29 is 9.53 Å². The van der Waals surface area contributed by atoms with E-state index in [4.69, 9.17) is 4.74 Å². The molecule has 2 rings (SSSR count). The van der Waals surface area contributed by atoms with Crippen molar-refractivity contribution in [3.63, 3.8) is 0 Å². The van der Waals surface area contributed by atoms with Gasteiger partial charge >= 0.3 is 5.97 Å². The van der Waals surface area contributed by atoms with Gasteiger partial charge in [0.2, 0.25) is 0 Å². The average molecular weight is 281 g/mol. The van der Waals surface area contributed by atoms with E-state index in [2.05, 4.69) is 5.32 Å². The van der Waals surface area contributed by atoms with Crippen molar-refractivity contribution in [3.8, 4) is 0 Å². The van der Waals surface area contributed by atoms with E-state index >= 15 is 0 Å². The summed E-state index contributed by atoms with van der Waals surface area (Å²) in [5.41, 5.74) is 0. The highest BCUT2D eigenvalue weighted by atomic mass is 16.5. The van der Waals surface area contributed by atoms with E-state index in [0.29, 0.717) is 12.6 Å². The standard InChI is InChI=1S/C17H31NO2/c1-3-20-17(19)13(2)18-16-12-8-7-11-15(16)14-9-5-4-6-10-14/h13-16,18H,3-12H2,1-2H3. The number of carbonyl (C=O) groups excluding carboxylic acids is 1. The summed E-state index contributed by atoms with van der Waals surface area (Å²) in [5.74, 6) is 1.57. The van der Waals surface area contributed by atoms with E-state index < -0.39 is 0 Å². The molecule has 2 saturated carbocycles. The maximum Gasteiger partial charge on any atom is 0.322 e. The fraction of sp³-hybridized carbons (Fsp3) is 0.941. The van der Waals surface area contributed by atoms with Crippen LogP contribution in [0.3, 0.4) is 0 Å². The summed E-state index contributed by atoms with van der Waals surface area (Å²) < 4.78 is 5.12. The Bertz CT molecular complexity index is 299. The fourth-order valence-corrected chi connectivity index (χ4v) is 4.15. The molecule has 3 nitrogen and oxygen atoms in total. The normalized spacial score (nSPS) is 29.9. The maximum absolute atomic E-state index is 11.8. The van der Waals surface area contributed by atoms with Gasteiger partial charge in [-0.15, -0.1) is 0 Å². The van der Waals surface area contributed by atoms with E-state index in [1.54, 1.807) is 0 Å². The Balaban J connectivity index is 1.90. The summed E-state index contributed by atoms with van der Waals surface area (Å²) in [7, 11) is 0. The number of nitrogens with one attached hydrogen (secondary N) is 1. The Hall–Kier alpha value is -0.570. The van der Waals surface area contributed by atoms with Crippen LogP contribution in [0.2, 0.25) is 0 Å². The lowest BCUT2D eigenvalue weighted by atomic mass is 9.71. The van der Waals surface area contributed by atoms with Crippen LogP contribution in [0.4, 0.5) is 0 Å². The maximum atomic E-state index is 11.8. The van der Waals surface area contributed by atoms with Gasteiger partial charge in [-0.1, -0.05) is 44.9 Å². The van der Waals surface area contributed by atoms with Crippen molar-refractivity contribution in [1.29, 1.82) is 0 Å². The Labute approximate surface area is 123 Å². The van der Waals surface area contributed by atoms with Crippen molar-refractivity contribution in [2.45, 2.75) is 83.7 Å². The topological polar surface area (TPSA) is 38.3 Å². The molecule has 2 aliphatic carbocycles. The van der Waals surface area contributed by atoms with Crippen LogP contribution in [0.5, 0.6) is 0 Å². The molecule has 20 heavy (non-hydrogen) atoms. The van der Waals surface area contributed by atoms with Gasteiger partial charge in [-0.25, -0.2) is 0 Å².